The summed E-state index contributed by atoms with van der Waals surface area (Å²) in [7, 11) is 0. The molecule has 4 bridgehead atoms. The van der Waals surface area contributed by atoms with Crippen LogP contribution in [0, 0.1) is 29.1 Å². The standard InChI is InChI=1S/C24H29NO4/c1-15(26)21(24-11-17-7-18(12-24)9-19(8-17)13-24)22(27)25-20(14-29-23(25)28)10-16-5-3-2-4-6-16/h2-6,17-21H,7-14H2,1H3/t17?,18?,19?,20-,21+,24?/m0/s1. The first-order chi connectivity index (χ1) is 13.9. The van der Waals surface area contributed by atoms with Crippen LogP contribution in [0.25, 0.3) is 0 Å². The molecule has 29 heavy (non-hydrogen) atoms. The third kappa shape index (κ3) is 3.19. The number of ketones is 1. The summed E-state index contributed by atoms with van der Waals surface area (Å²) >= 11 is 0. The van der Waals surface area contributed by atoms with Gasteiger partial charge in [-0.3, -0.25) is 9.59 Å². The van der Waals surface area contributed by atoms with E-state index in [4.69, 9.17) is 4.74 Å². The topological polar surface area (TPSA) is 63.7 Å². The second kappa shape index (κ2) is 6.96. The molecule has 6 rings (SSSR count). The predicted octanol–water partition coefficient (Wildman–Crippen LogP) is 4.00. The lowest BCUT2D eigenvalue weighted by Crippen LogP contribution is -2.57. The zero-order valence-corrected chi connectivity index (χ0v) is 17.0. The summed E-state index contributed by atoms with van der Waals surface area (Å²) in [5, 5.41) is 0. The van der Waals surface area contributed by atoms with Gasteiger partial charge in [0.1, 0.15) is 18.3 Å². The maximum Gasteiger partial charge on any atom is 0.417 e. The molecule has 1 saturated heterocycles. The molecular formula is C24H29NO4. The van der Waals surface area contributed by atoms with Crippen molar-refractivity contribution in [2.24, 2.45) is 29.1 Å². The Morgan fingerprint density at radius 1 is 1.07 bits per heavy atom. The van der Waals surface area contributed by atoms with Crippen molar-refractivity contribution < 1.29 is 19.1 Å². The zero-order chi connectivity index (χ0) is 20.2. The number of Topliss-reactive ketones (excluding diaryl/α,β-unsaturated/α-hetero) is 1. The molecule has 5 heteroatoms. The van der Waals surface area contributed by atoms with Crippen molar-refractivity contribution in [1.82, 2.24) is 4.90 Å². The average molecular weight is 395 g/mol. The monoisotopic (exact) mass is 395 g/mol. The number of ether oxygens (including phenoxy) is 1. The van der Waals surface area contributed by atoms with Crippen molar-refractivity contribution in [2.75, 3.05) is 6.61 Å². The minimum absolute atomic E-state index is 0.0879. The molecule has 5 aliphatic rings. The van der Waals surface area contributed by atoms with Crippen LogP contribution in [0.1, 0.15) is 51.0 Å². The Labute approximate surface area is 171 Å². The second-order valence-electron chi connectivity index (χ2n) is 9.95. The van der Waals surface area contributed by atoms with Gasteiger partial charge in [-0.25, -0.2) is 9.69 Å². The van der Waals surface area contributed by atoms with Gasteiger partial charge in [0.05, 0.1) is 6.04 Å². The van der Waals surface area contributed by atoms with Gasteiger partial charge in [0.15, 0.2) is 0 Å². The smallest absolute Gasteiger partial charge is 0.417 e. The fourth-order valence-corrected chi connectivity index (χ4v) is 7.30. The predicted molar refractivity (Wildman–Crippen MR) is 107 cm³/mol. The lowest BCUT2D eigenvalue weighted by atomic mass is 9.46. The van der Waals surface area contributed by atoms with Gasteiger partial charge in [-0.05, 0) is 80.6 Å². The van der Waals surface area contributed by atoms with E-state index in [2.05, 4.69) is 0 Å². The van der Waals surface area contributed by atoms with E-state index < -0.39 is 12.0 Å². The Morgan fingerprint density at radius 3 is 2.21 bits per heavy atom. The highest BCUT2D eigenvalue weighted by Crippen LogP contribution is 2.63. The first kappa shape index (κ1) is 18.8. The molecule has 2 amide bonds. The lowest BCUT2D eigenvalue weighted by molar-refractivity contribution is -0.156. The van der Waals surface area contributed by atoms with Crippen molar-refractivity contribution in [3.63, 3.8) is 0 Å². The summed E-state index contributed by atoms with van der Waals surface area (Å²) in [4.78, 5) is 40.4. The van der Waals surface area contributed by atoms with E-state index in [1.54, 1.807) is 0 Å². The van der Waals surface area contributed by atoms with E-state index in [0.717, 1.165) is 24.8 Å². The normalized spacial score (nSPS) is 36.2. The van der Waals surface area contributed by atoms with Gasteiger partial charge >= 0.3 is 6.09 Å². The number of rotatable bonds is 5. The van der Waals surface area contributed by atoms with E-state index in [1.807, 2.05) is 30.3 Å². The first-order valence-corrected chi connectivity index (χ1v) is 11.0. The molecular weight excluding hydrogens is 366 g/mol. The molecule has 0 aromatic heterocycles. The van der Waals surface area contributed by atoms with Gasteiger partial charge in [0, 0.05) is 0 Å². The van der Waals surface area contributed by atoms with Crippen LogP contribution in [0.4, 0.5) is 4.79 Å². The van der Waals surface area contributed by atoms with Crippen LogP contribution in [0.5, 0.6) is 0 Å². The molecule has 1 aromatic rings. The van der Waals surface area contributed by atoms with Crippen LogP contribution in [0.15, 0.2) is 30.3 Å². The summed E-state index contributed by atoms with van der Waals surface area (Å²) in [5.41, 5.74) is 0.806. The van der Waals surface area contributed by atoms with Crippen molar-refractivity contribution in [3.05, 3.63) is 35.9 Å². The molecule has 5 nitrogen and oxygen atoms in total. The molecule has 2 atom stereocenters. The van der Waals surface area contributed by atoms with Gasteiger partial charge in [0.25, 0.3) is 0 Å². The quantitative estimate of drug-likeness (QED) is 0.707. The third-order valence-electron chi connectivity index (χ3n) is 7.86. The van der Waals surface area contributed by atoms with E-state index in [-0.39, 0.29) is 29.8 Å². The zero-order valence-electron chi connectivity index (χ0n) is 17.0. The maximum atomic E-state index is 13.7. The van der Waals surface area contributed by atoms with Gasteiger partial charge < -0.3 is 4.74 Å². The number of imide groups is 1. The Kier molecular flexibility index (Phi) is 4.52. The number of benzene rings is 1. The number of carbonyl (C=O) groups is 3. The minimum Gasteiger partial charge on any atom is -0.447 e. The Balaban J connectivity index is 1.43. The van der Waals surface area contributed by atoms with E-state index in [9.17, 15) is 14.4 Å². The molecule has 1 aliphatic heterocycles. The van der Waals surface area contributed by atoms with Crippen molar-refractivity contribution in [2.45, 2.75) is 57.9 Å². The highest BCUT2D eigenvalue weighted by Gasteiger charge is 2.59. The van der Waals surface area contributed by atoms with Crippen LogP contribution >= 0.6 is 0 Å². The minimum atomic E-state index is -0.708. The van der Waals surface area contributed by atoms with Crippen LogP contribution in [0.2, 0.25) is 0 Å². The Bertz CT molecular complexity index is 797. The molecule has 4 saturated carbocycles. The summed E-state index contributed by atoms with van der Waals surface area (Å²) < 4.78 is 5.28. The van der Waals surface area contributed by atoms with Crippen LogP contribution in [-0.4, -0.2) is 35.3 Å². The summed E-state index contributed by atoms with van der Waals surface area (Å²) in [5.74, 6) is 0.808. The molecule has 1 heterocycles. The van der Waals surface area contributed by atoms with Crippen molar-refractivity contribution >= 4 is 17.8 Å². The van der Waals surface area contributed by atoms with E-state index >= 15 is 0 Å². The summed E-state index contributed by atoms with van der Waals surface area (Å²) in [6, 6.07) is 9.50. The number of amides is 2. The number of cyclic esters (lactones) is 1. The Morgan fingerprint density at radius 2 is 1.66 bits per heavy atom. The summed E-state index contributed by atoms with van der Waals surface area (Å²) in [6.07, 6.45) is 6.60. The maximum absolute atomic E-state index is 13.7. The van der Waals surface area contributed by atoms with Crippen LogP contribution in [-0.2, 0) is 20.7 Å². The SMILES string of the molecule is CC(=O)[C@H](C(=O)N1C(=O)OC[C@@H]1Cc1ccccc1)C12CC3CC(CC(C3)C1)C2. The molecule has 1 aromatic carbocycles. The van der Waals surface area contributed by atoms with Crippen LogP contribution in [0.3, 0.4) is 0 Å². The van der Waals surface area contributed by atoms with Gasteiger partial charge in [0.2, 0.25) is 5.91 Å². The molecule has 0 spiro atoms. The van der Waals surface area contributed by atoms with Gasteiger partial charge in [-0.2, -0.15) is 0 Å². The van der Waals surface area contributed by atoms with Crippen LogP contribution < -0.4 is 0 Å². The fraction of sp³-hybridized carbons (Fsp3) is 0.625. The van der Waals surface area contributed by atoms with E-state index in [1.165, 1.54) is 31.1 Å². The van der Waals surface area contributed by atoms with Gasteiger partial charge in [-0.15, -0.1) is 0 Å². The Hall–Kier alpha value is -2.17. The molecule has 0 unspecified atom stereocenters. The highest BCUT2D eigenvalue weighted by atomic mass is 16.6. The fourth-order valence-electron chi connectivity index (χ4n) is 7.30. The lowest BCUT2D eigenvalue weighted by Gasteiger charge is -2.58. The molecule has 154 valence electrons. The molecule has 5 fully saturated rings. The first-order valence-electron chi connectivity index (χ1n) is 11.0. The van der Waals surface area contributed by atoms with Gasteiger partial charge in [-0.1, -0.05) is 30.3 Å². The number of hydrogen-bond acceptors (Lipinski definition) is 4. The number of nitrogens with zero attached hydrogens (tertiary/aromatic N) is 1. The molecule has 0 radical (unpaired) electrons. The van der Waals surface area contributed by atoms with E-state index in [0.29, 0.717) is 24.2 Å². The summed E-state index contributed by atoms with van der Waals surface area (Å²) in [6.45, 7) is 1.74. The highest BCUT2D eigenvalue weighted by molar-refractivity contribution is 6.06. The largest absolute Gasteiger partial charge is 0.447 e. The third-order valence-corrected chi connectivity index (χ3v) is 7.86. The van der Waals surface area contributed by atoms with Crippen molar-refractivity contribution in [1.29, 1.82) is 0 Å². The molecule has 0 N–H and O–H groups in total. The number of hydrogen-bond donors (Lipinski definition) is 0. The van der Waals surface area contributed by atoms with Crippen molar-refractivity contribution in [3.8, 4) is 0 Å². The second-order valence-corrected chi connectivity index (χ2v) is 9.95. The average Bonchev–Trinajstić information content (AvgIpc) is 3.01. The number of carbonyl (C=O) groups excluding carboxylic acids is 3. The molecule has 4 aliphatic carbocycles.